The van der Waals surface area contributed by atoms with Gasteiger partial charge in [0.25, 0.3) is 0 Å². The number of halogens is 1. The SMILES string of the molecule is Cc1ccc2c(CC(=O)Nc3cc(Cl)ccc3-n3cncn3)coc2c1. The summed E-state index contributed by atoms with van der Waals surface area (Å²) in [5.41, 5.74) is 3.98. The van der Waals surface area contributed by atoms with Crippen molar-refractivity contribution in [2.75, 3.05) is 5.32 Å². The first-order chi connectivity index (χ1) is 12.6. The van der Waals surface area contributed by atoms with Crippen molar-refractivity contribution < 1.29 is 9.21 Å². The lowest BCUT2D eigenvalue weighted by Crippen LogP contribution is -2.16. The Labute approximate surface area is 154 Å². The van der Waals surface area contributed by atoms with Gasteiger partial charge in [-0.05, 0) is 36.8 Å². The van der Waals surface area contributed by atoms with Gasteiger partial charge in [0.1, 0.15) is 18.2 Å². The van der Waals surface area contributed by atoms with Gasteiger partial charge in [-0.25, -0.2) is 9.67 Å². The molecule has 6 nitrogen and oxygen atoms in total. The van der Waals surface area contributed by atoms with Crippen molar-refractivity contribution in [1.82, 2.24) is 14.8 Å². The van der Waals surface area contributed by atoms with Crippen LogP contribution in [0.4, 0.5) is 5.69 Å². The van der Waals surface area contributed by atoms with Crippen molar-refractivity contribution in [2.45, 2.75) is 13.3 Å². The Morgan fingerprint density at radius 1 is 1.27 bits per heavy atom. The molecular weight excluding hydrogens is 352 g/mol. The molecule has 1 amide bonds. The first-order valence-corrected chi connectivity index (χ1v) is 8.39. The summed E-state index contributed by atoms with van der Waals surface area (Å²) in [5, 5.41) is 8.47. The van der Waals surface area contributed by atoms with Gasteiger partial charge < -0.3 is 9.73 Å². The predicted octanol–water partition coefficient (Wildman–Crippen LogP) is 4.16. The first kappa shape index (κ1) is 16.4. The summed E-state index contributed by atoms with van der Waals surface area (Å²) in [6, 6.07) is 11.1. The highest BCUT2D eigenvalue weighted by Crippen LogP contribution is 2.26. The van der Waals surface area contributed by atoms with Crippen LogP contribution in [0.1, 0.15) is 11.1 Å². The molecular formula is C19H15ClN4O2. The van der Waals surface area contributed by atoms with E-state index in [-0.39, 0.29) is 12.3 Å². The van der Waals surface area contributed by atoms with Gasteiger partial charge in [-0.2, -0.15) is 5.10 Å². The minimum atomic E-state index is -0.170. The number of fused-ring (bicyclic) bond motifs is 1. The summed E-state index contributed by atoms with van der Waals surface area (Å²) in [4.78, 5) is 16.5. The summed E-state index contributed by atoms with van der Waals surface area (Å²) >= 11 is 6.09. The van der Waals surface area contributed by atoms with Crippen molar-refractivity contribution in [3.8, 4) is 5.69 Å². The van der Waals surface area contributed by atoms with E-state index in [4.69, 9.17) is 16.0 Å². The van der Waals surface area contributed by atoms with Crippen LogP contribution in [-0.4, -0.2) is 20.7 Å². The van der Waals surface area contributed by atoms with Gasteiger partial charge in [-0.1, -0.05) is 23.7 Å². The number of nitrogens with one attached hydrogen (secondary N) is 1. The van der Waals surface area contributed by atoms with E-state index in [2.05, 4.69) is 15.4 Å². The molecule has 26 heavy (non-hydrogen) atoms. The van der Waals surface area contributed by atoms with Crippen LogP contribution < -0.4 is 5.32 Å². The number of benzene rings is 2. The number of carbonyl (C=O) groups is 1. The van der Waals surface area contributed by atoms with Crippen LogP contribution in [0.25, 0.3) is 16.7 Å². The smallest absolute Gasteiger partial charge is 0.228 e. The maximum Gasteiger partial charge on any atom is 0.228 e. The van der Waals surface area contributed by atoms with Gasteiger partial charge in [0.05, 0.1) is 24.1 Å². The van der Waals surface area contributed by atoms with Crippen molar-refractivity contribution in [3.63, 3.8) is 0 Å². The number of nitrogens with zero attached hydrogens (tertiary/aromatic N) is 3. The van der Waals surface area contributed by atoms with E-state index >= 15 is 0 Å². The fourth-order valence-electron chi connectivity index (χ4n) is 2.84. The summed E-state index contributed by atoms with van der Waals surface area (Å²) < 4.78 is 7.13. The molecule has 0 unspecified atom stereocenters. The lowest BCUT2D eigenvalue weighted by atomic mass is 10.1. The van der Waals surface area contributed by atoms with E-state index in [1.165, 1.54) is 6.33 Å². The number of hydrogen-bond acceptors (Lipinski definition) is 4. The van der Waals surface area contributed by atoms with E-state index in [0.717, 1.165) is 22.1 Å². The monoisotopic (exact) mass is 366 g/mol. The molecule has 0 radical (unpaired) electrons. The molecule has 0 aliphatic carbocycles. The molecule has 0 saturated carbocycles. The average Bonchev–Trinajstić information content (AvgIpc) is 3.25. The molecule has 2 aromatic heterocycles. The lowest BCUT2D eigenvalue weighted by Gasteiger charge is -2.11. The molecule has 1 N–H and O–H groups in total. The number of amides is 1. The summed E-state index contributed by atoms with van der Waals surface area (Å²) in [6.07, 6.45) is 4.81. The van der Waals surface area contributed by atoms with Crippen LogP contribution in [0, 0.1) is 6.92 Å². The largest absolute Gasteiger partial charge is 0.464 e. The van der Waals surface area contributed by atoms with Crippen LogP contribution in [0.15, 0.2) is 59.7 Å². The Bertz CT molecular complexity index is 1090. The summed E-state index contributed by atoms with van der Waals surface area (Å²) in [6.45, 7) is 2.00. The van der Waals surface area contributed by atoms with E-state index in [1.54, 1.807) is 35.5 Å². The van der Waals surface area contributed by atoms with E-state index in [0.29, 0.717) is 16.4 Å². The molecule has 0 fully saturated rings. The zero-order valence-electron chi connectivity index (χ0n) is 13.9. The van der Waals surface area contributed by atoms with E-state index < -0.39 is 0 Å². The maximum atomic E-state index is 12.6. The van der Waals surface area contributed by atoms with Gasteiger partial charge in [-0.3, -0.25) is 4.79 Å². The van der Waals surface area contributed by atoms with E-state index in [9.17, 15) is 4.79 Å². The third-order valence-electron chi connectivity index (χ3n) is 4.06. The Morgan fingerprint density at radius 2 is 2.15 bits per heavy atom. The standard InChI is InChI=1S/C19H15ClN4O2/c1-12-2-4-15-13(9-26-18(15)6-12)7-19(25)23-16-8-14(20)3-5-17(16)24-11-21-10-22-24/h2-6,8-11H,7H2,1H3,(H,23,25). The highest BCUT2D eigenvalue weighted by molar-refractivity contribution is 6.31. The average molecular weight is 367 g/mol. The van der Waals surface area contributed by atoms with Gasteiger partial charge >= 0.3 is 0 Å². The highest BCUT2D eigenvalue weighted by Gasteiger charge is 2.14. The normalized spacial score (nSPS) is 11.0. The number of furan rings is 1. The van der Waals surface area contributed by atoms with Gasteiger partial charge in [-0.15, -0.1) is 0 Å². The quantitative estimate of drug-likeness (QED) is 0.588. The number of hydrogen-bond donors (Lipinski definition) is 1. The predicted molar refractivity (Wildman–Crippen MR) is 99.7 cm³/mol. The fraction of sp³-hybridized carbons (Fsp3) is 0.105. The molecule has 0 atom stereocenters. The van der Waals surface area contributed by atoms with Crippen molar-refractivity contribution >= 4 is 34.2 Å². The number of rotatable bonds is 4. The Hall–Kier alpha value is -3.12. The molecule has 7 heteroatoms. The second-order valence-electron chi connectivity index (χ2n) is 5.99. The van der Waals surface area contributed by atoms with Gasteiger partial charge in [0.15, 0.2) is 0 Å². The molecule has 2 aromatic carbocycles. The Morgan fingerprint density at radius 3 is 2.96 bits per heavy atom. The number of aryl methyl sites for hydroxylation is 1. The van der Waals surface area contributed by atoms with Gasteiger partial charge in [0.2, 0.25) is 5.91 Å². The molecule has 2 heterocycles. The number of anilines is 1. The molecule has 130 valence electrons. The van der Waals surface area contributed by atoms with Crippen LogP contribution in [0.2, 0.25) is 5.02 Å². The van der Waals surface area contributed by atoms with Gasteiger partial charge in [0, 0.05) is 16.0 Å². The highest BCUT2D eigenvalue weighted by atomic mass is 35.5. The summed E-state index contributed by atoms with van der Waals surface area (Å²) in [5.74, 6) is -0.170. The third kappa shape index (κ3) is 3.19. The van der Waals surface area contributed by atoms with Crippen molar-refractivity contribution in [2.24, 2.45) is 0 Å². The maximum absolute atomic E-state index is 12.6. The van der Waals surface area contributed by atoms with E-state index in [1.807, 2.05) is 25.1 Å². The fourth-order valence-corrected chi connectivity index (χ4v) is 3.01. The van der Waals surface area contributed by atoms with Crippen LogP contribution in [0.3, 0.4) is 0 Å². The zero-order valence-corrected chi connectivity index (χ0v) is 14.7. The topological polar surface area (TPSA) is 73.0 Å². The van der Waals surface area contributed by atoms with Crippen LogP contribution in [0.5, 0.6) is 0 Å². The summed E-state index contributed by atoms with van der Waals surface area (Å²) in [7, 11) is 0. The molecule has 0 aliphatic rings. The van der Waals surface area contributed by atoms with Crippen molar-refractivity contribution in [1.29, 1.82) is 0 Å². The molecule has 4 aromatic rings. The van der Waals surface area contributed by atoms with Crippen LogP contribution in [-0.2, 0) is 11.2 Å². The Kier molecular flexibility index (Phi) is 4.18. The molecule has 0 aliphatic heterocycles. The minimum Gasteiger partial charge on any atom is -0.464 e. The lowest BCUT2D eigenvalue weighted by molar-refractivity contribution is -0.115. The second-order valence-corrected chi connectivity index (χ2v) is 6.42. The third-order valence-corrected chi connectivity index (χ3v) is 4.30. The Balaban J connectivity index is 1.59. The minimum absolute atomic E-state index is 0.170. The molecule has 0 saturated heterocycles. The van der Waals surface area contributed by atoms with Crippen molar-refractivity contribution in [3.05, 3.63) is 71.5 Å². The first-order valence-electron chi connectivity index (χ1n) is 8.01. The van der Waals surface area contributed by atoms with Crippen LogP contribution >= 0.6 is 11.6 Å². The molecule has 4 rings (SSSR count). The second kappa shape index (κ2) is 6.65. The number of carbonyl (C=O) groups excluding carboxylic acids is 1. The zero-order chi connectivity index (χ0) is 18.1. The molecule has 0 spiro atoms. The number of aromatic nitrogens is 3. The molecule has 0 bridgehead atoms.